The van der Waals surface area contributed by atoms with Gasteiger partial charge in [-0.3, -0.25) is 9.59 Å². The Morgan fingerprint density at radius 1 is 0.879 bits per heavy atom. The minimum Gasteiger partial charge on any atom is -0.337 e. The topological polar surface area (TPSA) is 97.3 Å². The molecular formula is C25H23N3O4S. The van der Waals surface area contributed by atoms with E-state index in [0.29, 0.717) is 22.3 Å². The number of aromatic nitrogens is 1. The number of carbonyl (C=O) groups excluding carboxylic acids is 2. The number of hydrogen-bond acceptors (Lipinski definition) is 4. The maximum absolute atomic E-state index is 13.3. The van der Waals surface area contributed by atoms with Crippen LogP contribution >= 0.6 is 0 Å². The predicted molar refractivity (Wildman–Crippen MR) is 128 cm³/mol. The van der Waals surface area contributed by atoms with Crippen molar-refractivity contribution in [2.45, 2.75) is 30.2 Å². The van der Waals surface area contributed by atoms with Crippen molar-refractivity contribution in [3.8, 4) is 0 Å². The first-order valence-electron chi connectivity index (χ1n) is 10.3. The number of anilines is 2. The molecule has 0 aliphatic carbocycles. The van der Waals surface area contributed by atoms with Crippen LogP contribution in [-0.2, 0) is 26.0 Å². The molecule has 3 aromatic carbocycles. The van der Waals surface area contributed by atoms with Crippen molar-refractivity contribution in [3.05, 3.63) is 84.6 Å². The lowest BCUT2D eigenvalue weighted by Gasteiger charge is -2.09. The van der Waals surface area contributed by atoms with Gasteiger partial charge in [-0.25, -0.2) is 8.42 Å². The van der Waals surface area contributed by atoms with E-state index in [-0.39, 0.29) is 28.2 Å². The lowest BCUT2D eigenvalue weighted by atomic mass is 10.2. The normalized spacial score (nSPS) is 11.3. The van der Waals surface area contributed by atoms with Gasteiger partial charge in [0.15, 0.2) is 0 Å². The number of fused-ring (bicyclic) bond motifs is 1. The number of benzene rings is 3. The summed E-state index contributed by atoms with van der Waals surface area (Å²) in [5, 5.41) is 6.02. The highest BCUT2D eigenvalue weighted by Gasteiger charge is 2.23. The highest BCUT2D eigenvalue weighted by atomic mass is 32.2. The lowest BCUT2D eigenvalue weighted by Crippen LogP contribution is -2.18. The molecule has 4 rings (SSSR count). The van der Waals surface area contributed by atoms with E-state index < -0.39 is 9.84 Å². The van der Waals surface area contributed by atoms with Crippen molar-refractivity contribution >= 4 is 43.9 Å². The van der Waals surface area contributed by atoms with E-state index in [1.807, 2.05) is 6.92 Å². The number of carbonyl (C=O) groups is 2. The zero-order chi connectivity index (χ0) is 23.6. The first-order valence-corrected chi connectivity index (χ1v) is 11.8. The van der Waals surface area contributed by atoms with Crippen molar-refractivity contribution in [2.75, 3.05) is 10.6 Å². The summed E-state index contributed by atoms with van der Waals surface area (Å²) in [5.74, 6) is -0.533. The molecule has 0 spiro atoms. The first-order chi connectivity index (χ1) is 15.7. The molecule has 0 aliphatic heterocycles. The number of sulfone groups is 1. The Balaban J connectivity index is 1.64. The summed E-state index contributed by atoms with van der Waals surface area (Å²) in [4.78, 5) is 24.4. The number of nitrogens with one attached hydrogen (secondary N) is 2. The van der Waals surface area contributed by atoms with Crippen LogP contribution in [0.15, 0.2) is 88.8 Å². The van der Waals surface area contributed by atoms with Crippen LogP contribution in [0.2, 0.25) is 0 Å². The molecule has 0 saturated carbocycles. The Hall–Kier alpha value is -3.91. The molecule has 0 bridgehead atoms. The van der Waals surface area contributed by atoms with Crippen molar-refractivity contribution in [3.63, 3.8) is 0 Å². The van der Waals surface area contributed by atoms with E-state index in [1.54, 1.807) is 77.4 Å². The predicted octanol–water partition coefficient (Wildman–Crippen LogP) is 4.38. The number of nitrogens with zero attached hydrogens (tertiary/aromatic N) is 1. The SMILES string of the molecule is CC(=O)Nc1cccc(NC(=O)Cn2cc(S(=O)(=O)c3ccc(C)cc3)c3ccccc32)c1. The molecule has 1 aromatic heterocycles. The zero-order valence-corrected chi connectivity index (χ0v) is 19.0. The van der Waals surface area contributed by atoms with Crippen molar-refractivity contribution < 1.29 is 18.0 Å². The molecule has 8 heteroatoms. The minimum absolute atomic E-state index is 0.0751. The molecule has 168 valence electrons. The van der Waals surface area contributed by atoms with E-state index in [9.17, 15) is 18.0 Å². The highest BCUT2D eigenvalue weighted by molar-refractivity contribution is 7.91. The molecule has 0 aliphatic rings. The van der Waals surface area contributed by atoms with Crippen molar-refractivity contribution in [1.82, 2.24) is 4.57 Å². The second-order valence-corrected chi connectivity index (χ2v) is 9.68. The molecule has 1 heterocycles. The van der Waals surface area contributed by atoms with Gasteiger partial charge < -0.3 is 15.2 Å². The summed E-state index contributed by atoms with van der Waals surface area (Å²) in [5.41, 5.74) is 2.70. The van der Waals surface area contributed by atoms with Gasteiger partial charge in [-0.05, 0) is 43.3 Å². The third-order valence-corrected chi connectivity index (χ3v) is 6.95. The Labute approximate surface area is 192 Å². The summed E-state index contributed by atoms with van der Waals surface area (Å²) in [6.07, 6.45) is 1.51. The van der Waals surface area contributed by atoms with Gasteiger partial charge in [0.05, 0.1) is 9.79 Å². The minimum atomic E-state index is -3.77. The Morgan fingerprint density at radius 3 is 2.24 bits per heavy atom. The van der Waals surface area contributed by atoms with Crippen LogP contribution in [0.3, 0.4) is 0 Å². The second kappa shape index (κ2) is 8.91. The second-order valence-electron chi connectivity index (χ2n) is 7.77. The van der Waals surface area contributed by atoms with E-state index in [1.165, 1.54) is 13.1 Å². The highest BCUT2D eigenvalue weighted by Crippen LogP contribution is 2.30. The third-order valence-electron chi connectivity index (χ3n) is 5.15. The van der Waals surface area contributed by atoms with Gasteiger partial charge in [0, 0.05) is 35.4 Å². The summed E-state index contributed by atoms with van der Waals surface area (Å²) >= 11 is 0. The van der Waals surface area contributed by atoms with Crippen molar-refractivity contribution in [2.24, 2.45) is 0 Å². The molecule has 0 fully saturated rings. The van der Waals surface area contributed by atoms with Gasteiger partial charge in [0.2, 0.25) is 21.7 Å². The maximum atomic E-state index is 13.3. The van der Waals surface area contributed by atoms with Gasteiger partial charge in [-0.15, -0.1) is 0 Å². The smallest absolute Gasteiger partial charge is 0.244 e. The molecule has 0 radical (unpaired) electrons. The number of aryl methyl sites for hydroxylation is 1. The molecule has 0 unspecified atom stereocenters. The van der Waals surface area contributed by atoms with E-state index in [0.717, 1.165) is 5.56 Å². The number of para-hydroxylation sites is 1. The van der Waals surface area contributed by atoms with E-state index in [2.05, 4.69) is 10.6 Å². The lowest BCUT2D eigenvalue weighted by molar-refractivity contribution is -0.116. The van der Waals surface area contributed by atoms with Crippen LogP contribution in [0.5, 0.6) is 0 Å². The molecule has 33 heavy (non-hydrogen) atoms. The zero-order valence-electron chi connectivity index (χ0n) is 18.2. The van der Waals surface area contributed by atoms with Gasteiger partial charge >= 0.3 is 0 Å². The molecule has 2 amide bonds. The fraction of sp³-hybridized carbons (Fsp3) is 0.120. The summed E-state index contributed by atoms with van der Waals surface area (Å²) < 4.78 is 28.3. The Bertz CT molecular complexity index is 1450. The van der Waals surface area contributed by atoms with Crippen LogP contribution < -0.4 is 10.6 Å². The van der Waals surface area contributed by atoms with Crippen LogP contribution in [0.1, 0.15) is 12.5 Å². The van der Waals surface area contributed by atoms with Gasteiger partial charge in [-0.1, -0.05) is 42.0 Å². The monoisotopic (exact) mass is 461 g/mol. The Kier molecular flexibility index (Phi) is 6.02. The van der Waals surface area contributed by atoms with Crippen LogP contribution in [0, 0.1) is 6.92 Å². The summed E-state index contributed by atoms with van der Waals surface area (Å²) in [6.45, 7) is 3.23. The molecular weight excluding hydrogens is 438 g/mol. The average Bonchev–Trinajstić information content (AvgIpc) is 3.13. The molecule has 4 aromatic rings. The largest absolute Gasteiger partial charge is 0.337 e. The summed E-state index contributed by atoms with van der Waals surface area (Å²) in [6, 6.07) is 20.6. The van der Waals surface area contributed by atoms with Gasteiger partial charge in [0.25, 0.3) is 0 Å². The third kappa shape index (κ3) is 4.80. The quantitative estimate of drug-likeness (QED) is 0.445. The fourth-order valence-corrected chi connectivity index (χ4v) is 5.11. The average molecular weight is 462 g/mol. The fourth-order valence-electron chi connectivity index (χ4n) is 3.64. The number of hydrogen-bond donors (Lipinski definition) is 2. The standard InChI is InChI=1S/C25H23N3O4S/c1-17-10-12-21(13-11-17)33(31,32)24-15-28(23-9-4-3-8-22(23)24)16-25(30)27-20-7-5-6-19(14-20)26-18(2)29/h3-15H,16H2,1-2H3,(H,26,29)(H,27,30). The Morgan fingerprint density at radius 2 is 1.55 bits per heavy atom. The first kappa shape index (κ1) is 22.3. The van der Waals surface area contributed by atoms with Crippen LogP contribution in [0.4, 0.5) is 11.4 Å². The molecule has 0 atom stereocenters. The van der Waals surface area contributed by atoms with Crippen molar-refractivity contribution in [1.29, 1.82) is 0 Å². The number of rotatable bonds is 6. The molecule has 2 N–H and O–H groups in total. The van der Waals surface area contributed by atoms with E-state index in [4.69, 9.17) is 0 Å². The van der Waals surface area contributed by atoms with E-state index >= 15 is 0 Å². The van der Waals surface area contributed by atoms with Crippen LogP contribution in [-0.4, -0.2) is 24.8 Å². The summed E-state index contributed by atoms with van der Waals surface area (Å²) in [7, 11) is -3.77. The van der Waals surface area contributed by atoms with Crippen LogP contribution in [0.25, 0.3) is 10.9 Å². The number of amides is 2. The molecule has 7 nitrogen and oxygen atoms in total. The maximum Gasteiger partial charge on any atom is 0.244 e. The molecule has 0 saturated heterocycles. The van der Waals surface area contributed by atoms with Gasteiger partial charge in [0.1, 0.15) is 6.54 Å². The van der Waals surface area contributed by atoms with Gasteiger partial charge in [-0.2, -0.15) is 0 Å².